The molecule has 2 aliphatic heterocycles. The average molecular weight is 1340 g/mol. The van der Waals surface area contributed by atoms with E-state index in [1.807, 2.05) is 0 Å². The molecular weight excluding hydrogens is 1230 g/mol. The fourth-order valence-electron chi connectivity index (χ4n) is 16.7. The highest BCUT2D eigenvalue weighted by atomic mass is 15.2. The van der Waals surface area contributed by atoms with E-state index in [1.54, 1.807) is 0 Å². The van der Waals surface area contributed by atoms with Gasteiger partial charge in [-0.1, -0.05) is 298 Å². The van der Waals surface area contributed by atoms with Crippen LogP contribution in [-0.4, -0.2) is 11.3 Å². The summed E-state index contributed by atoms with van der Waals surface area (Å²) >= 11 is 0. The Labute approximate surface area is 612 Å². The first kappa shape index (κ1) is 69.9. The van der Waals surface area contributed by atoms with Gasteiger partial charge in [-0.3, -0.25) is 0 Å². The second-order valence-electron chi connectivity index (χ2n) is 31.9. The third-order valence-corrected chi connectivity index (χ3v) is 22.3. The lowest BCUT2D eigenvalue weighted by Gasteiger charge is -2.46. The van der Waals surface area contributed by atoms with Gasteiger partial charge in [0.15, 0.2) is 0 Å². The number of unbranched alkanes of at least 4 members (excludes halogenated alkanes) is 12. The SMILES string of the molecule is CCCCCCc1ccc2c(c1)B1c3ccc(-n4c5ccc(CCCCCC)cc5c5cc(CCCCCC)ccc54)cc3N(c3c(-c4ccccc4)cc(C(C)(C)C)cc3-c3ccccc3)c3cc(CCCCCC)cc(c31)N2c1c(-c2ccccc2)cc(C(C)(C)C)cc1-c1ccccc1. The van der Waals surface area contributed by atoms with E-state index in [2.05, 4.69) is 314 Å². The predicted molar refractivity (Wildman–Crippen MR) is 445 cm³/mol. The number of fused-ring (bicyclic) bond motifs is 7. The molecule has 4 heteroatoms. The number of anilines is 6. The Morgan fingerprint density at radius 3 is 1.04 bits per heavy atom. The van der Waals surface area contributed by atoms with Gasteiger partial charge in [0.1, 0.15) is 0 Å². The minimum atomic E-state index is -0.156. The van der Waals surface area contributed by atoms with Crippen LogP contribution in [0.4, 0.5) is 34.1 Å². The molecule has 0 saturated carbocycles. The fourth-order valence-corrected chi connectivity index (χ4v) is 16.7. The maximum Gasteiger partial charge on any atom is 0.252 e. The van der Waals surface area contributed by atoms with E-state index in [-0.39, 0.29) is 17.5 Å². The Kier molecular flexibility index (Phi) is 21.1. The fraction of sp³-hybridized carbons (Fsp3) is 0.327. The molecule has 3 nitrogen and oxygen atoms in total. The maximum atomic E-state index is 2.81. The lowest BCUT2D eigenvalue weighted by atomic mass is 9.33. The standard InChI is InChI=1S/C98H108BN3/c1-11-15-19-27-39-69-51-56-88-84(59-69)85-60-70(40-28-20-16-12-2)52-57-89(85)100(88)79-54-55-86-91(68-79)102(96-82(75-47-35-25-36-48-75)66-78(98(8,9)10)67-83(96)76-49-37-26-38-50-76)93-63-72(42-30-22-18-14-4)62-92-94(93)99(86)87-61-71(41-29-21-17-13-3)53-58-90(87)101(92)95-80(73-43-31-23-32-44-73)64-77(97(5,6)7)65-81(95)74-45-33-24-34-46-74/h23-26,31-38,43-68H,11-22,27-30,39-42H2,1-10H3. The maximum absolute atomic E-state index is 2.81. The molecular formula is C98H108BN3. The van der Waals surface area contributed by atoms with Gasteiger partial charge in [-0.2, -0.15) is 0 Å². The highest BCUT2D eigenvalue weighted by Gasteiger charge is 2.46. The van der Waals surface area contributed by atoms with Crippen LogP contribution in [0, 0.1) is 0 Å². The summed E-state index contributed by atoms with van der Waals surface area (Å²) in [5.74, 6) is 0. The number of nitrogens with zero attached hydrogens (tertiary/aromatic N) is 3. The summed E-state index contributed by atoms with van der Waals surface area (Å²) < 4.78 is 2.64. The molecule has 1 aromatic heterocycles. The third kappa shape index (κ3) is 14.3. The zero-order valence-corrected chi connectivity index (χ0v) is 63.0. The predicted octanol–water partition coefficient (Wildman–Crippen LogP) is 26.6. The van der Waals surface area contributed by atoms with E-state index >= 15 is 0 Å². The molecule has 0 bridgehead atoms. The van der Waals surface area contributed by atoms with Crippen LogP contribution < -0.4 is 26.2 Å². The van der Waals surface area contributed by atoms with Crippen LogP contribution >= 0.6 is 0 Å². The molecule has 0 atom stereocenters. The molecule has 11 aromatic carbocycles. The Hall–Kier alpha value is -9.12. The largest absolute Gasteiger partial charge is 0.310 e. The van der Waals surface area contributed by atoms with Crippen molar-refractivity contribution in [2.75, 3.05) is 9.80 Å². The van der Waals surface area contributed by atoms with Gasteiger partial charge in [0.25, 0.3) is 6.71 Å². The highest BCUT2D eigenvalue weighted by Crippen LogP contribution is 2.55. The molecule has 0 saturated heterocycles. The number of aryl methyl sites for hydroxylation is 4. The number of hydrogen-bond donors (Lipinski definition) is 0. The van der Waals surface area contributed by atoms with Gasteiger partial charge in [0, 0.05) is 61.5 Å². The Balaban J connectivity index is 1.13. The third-order valence-electron chi connectivity index (χ3n) is 22.3. The molecule has 0 amide bonds. The smallest absolute Gasteiger partial charge is 0.252 e. The molecule has 0 unspecified atom stereocenters. The highest BCUT2D eigenvalue weighted by molar-refractivity contribution is 7.00. The van der Waals surface area contributed by atoms with Crippen LogP contribution in [0.15, 0.2) is 231 Å². The first-order chi connectivity index (χ1) is 49.7. The van der Waals surface area contributed by atoms with Gasteiger partial charge in [-0.15, -0.1) is 0 Å². The Bertz CT molecular complexity index is 4700. The molecule has 14 rings (SSSR count). The molecule has 3 heterocycles. The zero-order chi connectivity index (χ0) is 70.5. The molecule has 12 aromatic rings. The van der Waals surface area contributed by atoms with Gasteiger partial charge >= 0.3 is 0 Å². The number of rotatable bonds is 27. The van der Waals surface area contributed by atoms with Gasteiger partial charge in [0.05, 0.1) is 22.4 Å². The van der Waals surface area contributed by atoms with Crippen LogP contribution in [0.1, 0.15) is 205 Å². The van der Waals surface area contributed by atoms with Gasteiger partial charge in [-0.05, 0) is 213 Å². The summed E-state index contributed by atoms with van der Waals surface area (Å²) in [6.07, 6.45) is 23.8. The van der Waals surface area contributed by atoms with Crippen molar-refractivity contribution in [1.29, 1.82) is 0 Å². The zero-order valence-electron chi connectivity index (χ0n) is 63.0. The van der Waals surface area contributed by atoms with E-state index < -0.39 is 0 Å². The van der Waals surface area contributed by atoms with Crippen LogP contribution in [-0.2, 0) is 36.5 Å². The van der Waals surface area contributed by atoms with E-state index in [0.717, 1.165) is 38.5 Å². The van der Waals surface area contributed by atoms with Crippen LogP contribution in [0.3, 0.4) is 0 Å². The quantitative estimate of drug-likeness (QED) is 0.0376. The lowest BCUT2D eigenvalue weighted by molar-refractivity contribution is 0.590. The molecule has 102 heavy (non-hydrogen) atoms. The molecule has 0 fully saturated rings. The van der Waals surface area contributed by atoms with Gasteiger partial charge < -0.3 is 14.4 Å². The van der Waals surface area contributed by atoms with E-state index in [4.69, 9.17) is 0 Å². The van der Waals surface area contributed by atoms with Crippen molar-refractivity contribution in [1.82, 2.24) is 4.57 Å². The second kappa shape index (κ2) is 30.8. The normalized spacial score (nSPS) is 12.7. The first-order valence-corrected chi connectivity index (χ1v) is 39.4. The van der Waals surface area contributed by atoms with Crippen molar-refractivity contribution in [3.05, 3.63) is 264 Å². The summed E-state index contributed by atoms with van der Waals surface area (Å²) in [5, 5.41) is 2.71. The summed E-state index contributed by atoms with van der Waals surface area (Å²) in [5.41, 5.74) is 32.9. The van der Waals surface area contributed by atoms with Crippen LogP contribution in [0.5, 0.6) is 0 Å². The summed E-state index contributed by atoms with van der Waals surface area (Å²) in [6.45, 7) is 23.5. The summed E-state index contributed by atoms with van der Waals surface area (Å²) in [7, 11) is 0. The minimum absolute atomic E-state index is 0.113. The molecule has 0 radical (unpaired) electrons. The molecule has 0 spiro atoms. The minimum Gasteiger partial charge on any atom is -0.310 e. The molecule has 0 aliphatic carbocycles. The van der Waals surface area contributed by atoms with Gasteiger partial charge in [0.2, 0.25) is 0 Å². The number of benzene rings is 11. The Morgan fingerprint density at radius 2 is 0.657 bits per heavy atom. The Morgan fingerprint density at radius 1 is 0.294 bits per heavy atom. The molecule has 0 N–H and O–H groups in total. The number of hydrogen-bond acceptors (Lipinski definition) is 2. The van der Waals surface area contributed by atoms with Crippen LogP contribution in [0.25, 0.3) is 72.0 Å². The van der Waals surface area contributed by atoms with Gasteiger partial charge in [-0.25, -0.2) is 0 Å². The lowest BCUT2D eigenvalue weighted by Crippen LogP contribution is -2.61. The molecule has 518 valence electrons. The van der Waals surface area contributed by atoms with Crippen molar-refractivity contribution in [3.63, 3.8) is 0 Å². The van der Waals surface area contributed by atoms with E-state index in [1.165, 1.54) is 246 Å². The monoisotopic (exact) mass is 1340 g/mol. The van der Waals surface area contributed by atoms with Crippen molar-refractivity contribution in [2.45, 2.75) is 208 Å². The van der Waals surface area contributed by atoms with E-state index in [0.29, 0.717) is 0 Å². The van der Waals surface area contributed by atoms with Crippen molar-refractivity contribution >= 4 is 79.0 Å². The summed E-state index contributed by atoms with van der Waals surface area (Å²) in [6, 6.07) is 91.3. The molecule has 2 aliphatic rings. The second-order valence-corrected chi connectivity index (χ2v) is 31.9. The average Bonchev–Trinajstić information content (AvgIpc) is 0.752. The number of aromatic nitrogens is 1. The summed E-state index contributed by atoms with van der Waals surface area (Å²) in [4.78, 5) is 5.59. The van der Waals surface area contributed by atoms with Crippen molar-refractivity contribution in [2.24, 2.45) is 0 Å². The van der Waals surface area contributed by atoms with E-state index in [9.17, 15) is 0 Å². The van der Waals surface area contributed by atoms with Crippen LogP contribution in [0.2, 0.25) is 0 Å². The van der Waals surface area contributed by atoms with Crippen molar-refractivity contribution in [3.8, 4) is 50.2 Å². The topological polar surface area (TPSA) is 11.4 Å². The first-order valence-electron chi connectivity index (χ1n) is 39.4. The van der Waals surface area contributed by atoms with Crippen molar-refractivity contribution < 1.29 is 0 Å².